The molecule has 0 amide bonds. The van der Waals surface area contributed by atoms with Crippen molar-refractivity contribution in [2.45, 2.75) is 13.0 Å². The Morgan fingerprint density at radius 1 is 1.39 bits per heavy atom. The number of nitrogens with zero attached hydrogens (tertiary/aromatic N) is 4. The zero-order valence-corrected chi connectivity index (χ0v) is 10.3. The molecule has 0 bridgehead atoms. The van der Waals surface area contributed by atoms with E-state index in [1.807, 2.05) is 30.1 Å². The first-order chi connectivity index (χ1) is 8.79. The van der Waals surface area contributed by atoms with Crippen LogP contribution in [-0.2, 0) is 6.54 Å². The molecule has 2 aromatic rings. The van der Waals surface area contributed by atoms with Crippen LogP contribution in [0.3, 0.4) is 0 Å². The molecule has 0 aliphatic rings. The topological polar surface area (TPSA) is 75.3 Å². The summed E-state index contributed by atoms with van der Waals surface area (Å²) in [5, 5.41) is 12.6. The predicted molar refractivity (Wildman–Crippen MR) is 65.6 cm³/mol. The number of rotatable bonds is 6. The molecule has 0 atom stereocenters. The van der Waals surface area contributed by atoms with E-state index in [9.17, 15) is 0 Å². The van der Waals surface area contributed by atoms with Gasteiger partial charge >= 0.3 is 0 Å². The minimum Gasteiger partial charge on any atom is -0.396 e. The van der Waals surface area contributed by atoms with E-state index in [2.05, 4.69) is 15.1 Å². The minimum absolute atomic E-state index is 0.188. The fraction of sp³-hybridized carbons (Fsp3) is 0.417. The Kier molecular flexibility index (Phi) is 4.38. The maximum atomic E-state index is 8.75. The van der Waals surface area contributed by atoms with E-state index in [1.54, 1.807) is 6.20 Å². The van der Waals surface area contributed by atoms with E-state index in [1.165, 1.54) is 0 Å². The van der Waals surface area contributed by atoms with Gasteiger partial charge in [0, 0.05) is 19.3 Å². The highest BCUT2D eigenvalue weighted by molar-refractivity contribution is 5.46. The number of hydrogen-bond acceptors (Lipinski definition) is 6. The lowest BCUT2D eigenvalue weighted by Gasteiger charge is -2.12. The highest BCUT2D eigenvalue weighted by Crippen LogP contribution is 2.12. The average Bonchev–Trinajstić information content (AvgIpc) is 2.86. The van der Waals surface area contributed by atoms with Gasteiger partial charge in [0.1, 0.15) is 5.69 Å². The van der Waals surface area contributed by atoms with Crippen molar-refractivity contribution in [2.24, 2.45) is 0 Å². The SMILES string of the molecule is CN(CCCO)Cc1nc(-c2ccccn2)no1. The summed E-state index contributed by atoms with van der Waals surface area (Å²) in [5.41, 5.74) is 0.700. The summed E-state index contributed by atoms with van der Waals surface area (Å²) < 4.78 is 5.16. The fourth-order valence-corrected chi connectivity index (χ4v) is 1.57. The first kappa shape index (κ1) is 12.7. The van der Waals surface area contributed by atoms with Gasteiger partial charge in [-0.3, -0.25) is 9.88 Å². The largest absolute Gasteiger partial charge is 0.396 e. The fourth-order valence-electron chi connectivity index (χ4n) is 1.57. The van der Waals surface area contributed by atoms with Crippen molar-refractivity contribution >= 4 is 0 Å². The molecular weight excluding hydrogens is 232 g/mol. The van der Waals surface area contributed by atoms with Crippen LogP contribution in [0.25, 0.3) is 11.5 Å². The van der Waals surface area contributed by atoms with Crippen molar-refractivity contribution in [1.29, 1.82) is 0 Å². The summed E-state index contributed by atoms with van der Waals surface area (Å²) in [6.07, 6.45) is 2.43. The van der Waals surface area contributed by atoms with Crippen LogP contribution in [0.5, 0.6) is 0 Å². The lowest BCUT2D eigenvalue weighted by atomic mass is 10.3. The van der Waals surface area contributed by atoms with Crippen LogP contribution in [0.2, 0.25) is 0 Å². The van der Waals surface area contributed by atoms with Crippen LogP contribution in [0.15, 0.2) is 28.9 Å². The number of pyridine rings is 1. The van der Waals surface area contributed by atoms with Crippen LogP contribution >= 0.6 is 0 Å². The van der Waals surface area contributed by atoms with Gasteiger partial charge in [0.2, 0.25) is 11.7 Å². The third-order valence-electron chi connectivity index (χ3n) is 2.47. The monoisotopic (exact) mass is 248 g/mol. The van der Waals surface area contributed by atoms with Gasteiger partial charge in [-0.25, -0.2) is 0 Å². The predicted octanol–water partition coefficient (Wildman–Crippen LogP) is 0.946. The molecule has 2 aromatic heterocycles. The van der Waals surface area contributed by atoms with Gasteiger partial charge in [0.15, 0.2) is 0 Å². The minimum atomic E-state index is 0.188. The van der Waals surface area contributed by atoms with Gasteiger partial charge in [0.05, 0.1) is 6.54 Å². The molecule has 6 heteroatoms. The second kappa shape index (κ2) is 6.23. The third-order valence-corrected chi connectivity index (χ3v) is 2.47. The van der Waals surface area contributed by atoms with E-state index in [0.29, 0.717) is 24.0 Å². The van der Waals surface area contributed by atoms with Crippen molar-refractivity contribution in [3.8, 4) is 11.5 Å². The van der Waals surface area contributed by atoms with Crippen LogP contribution in [-0.4, -0.2) is 45.3 Å². The summed E-state index contributed by atoms with van der Waals surface area (Å²) in [6.45, 7) is 1.55. The maximum absolute atomic E-state index is 8.75. The van der Waals surface area contributed by atoms with Crippen molar-refractivity contribution in [1.82, 2.24) is 20.0 Å². The van der Waals surface area contributed by atoms with E-state index < -0.39 is 0 Å². The standard InChI is InChI=1S/C12H16N4O2/c1-16(7-4-8-17)9-11-14-12(15-18-11)10-5-2-3-6-13-10/h2-3,5-6,17H,4,7-9H2,1H3. The molecule has 2 heterocycles. The Bertz CT molecular complexity index is 472. The molecule has 0 unspecified atom stereocenters. The van der Waals surface area contributed by atoms with Gasteiger partial charge in [0.25, 0.3) is 0 Å². The van der Waals surface area contributed by atoms with Gasteiger partial charge in [-0.15, -0.1) is 0 Å². The highest BCUT2D eigenvalue weighted by atomic mass is 16.5. The zero-order chi connectivity index (χ0) is 12.8. The molecule has 0 saturated carbocycles. The molecule has 0 aliphatic carbocycles. The zero-order valence-electron chi connectivity index (χ0n) is 10.3. The average molecular weight is 248 g/mol. The summed E-state index contributed by atoms with van der Waals surface area (Å²) >= 11 is 0. The van der Waals surface area contributed by atoms with Crippen LogP contribution < -0.4 is 0 Å². The second-order valence-corrected chi connectivity index (χ2v) is 4.04. The normalized spacial score (nSPS) is 11.1. The summed E-state index contributed by atoms with van der Waals surface area (Å²) in [6, 6.07) is 5.56. The molecule has 1 N–H and O–H groups in total. The van der Waals surface area contributed by atoms with Gasteiger partial charge in [-0.2, -0.15) is 4.98 Å². The molecular formula is C12H16N4O2. The van der Waals surface area contributed by atoms with Crippen molar-refractivity contribution in [2.75, 3.05) is 20.2 Å². The molecule has 0 fully saturated rings. The molecule has 0 radical (unpaired) electrons. The lowest BCUT2D eigenvalue weighted by molar-refractivity contribution is 0.226. The lowest BCUT2D eigenvalue weighted by Crippen LogP contribution is -2.20. The summed E-state index contributed by atoms with van der Waals surface area (Å²) in [4.78, 5) is 10.5. The Morgan fingerprint density at radius 2 is 2.28 bits per heavy atom. The van der Waals surface area contributed by atoms with Gasteiger partial charge in [-0.05, 0) is 25.6 Å². The van der Waals surface area contributed by atoms with E-state index >= 15 is 0 Å². The van der Waals surface area contributed by atoms with Crippen LogP contribution in [0, 0.1) is 0 Å². The molecule has 2 rings (SSSR count). The number of aromatic nitrogens is 3. The van der Waals surface area contributed by atoms with Gasteiger partial charge < -0.3 is 9.63 Å². The molecule has 0 saturated heterocycles. The molecule has 0 aliphatic heterocycles. The van der Waals surface area contributed by atoms with E-state index in [-0.39, 0.29) is 6.61 Å². The number of hydrogen-bond donors (Lipinski definition) is 1. The van der Waals surface area contributed by atoms with Gasteiger partial charge in [-0.1, -0.05) is 11.2 Å². The summed E-state index contributed by atoms with van der Waals surface area (Å²) in [7, 11) is 1.94. The van der Waals surface area contributed by atoms with E-state index in [0.717, 1.165) is 13.0 Å². The maximum Gasteiger partial charge on any atom is 0.241 e. The van der Waals surface area contributed by atoms with Crippen molar-refractivity contribution in [3.63, 3.8) is 0 Å². The molecule has 6 nitrogen and oxygen atoms in total. The third kappa shape index (κ3) is 3.35. The molecule has 0 aromatic carbocycles. The van der Waals surface area contributed by atoms with Crippen LogP contribution in [0.4, 0.5) is 0 Å². The smallest absolute Gasteiger partial charge is 0.241 e. The first-order valence-corrected chi connectivity index (χ1v) is 5.83. The first-order valence-electron chi connectivity index (χ1n) is 5.83. The van der Waals surface area contributed by atoms with E-state index in [4.69, 9.17) is 9.63 Å². The van der Waals surface area contributed by atoms with Crippen LogP contribution in [0.1, 0.15) is 12.3 Å². The number of aliphatic hydroxyl groups is 1. The van der Waals surface area contributed by atoms with Crippen molar-refractivity contribution < 1.29 is 9.63 Å². The Morgan fingerprint density at radius 3 is 3.00 bits per heavy atom. The molecule has 18 heavy (non-hydrogen) atoms. The Hall–Kier alpha value is -1.79. The van der Waals surface area contributed by atoms with Crippen molar-refractivity contribution in [3.05, 3.63) is 30.3 Å². The Labute approximate surface area is 105 Å². The molecule has 96 valence electrons. The quantitative estimate of drug-likeness (QED) is 0.820. The highest BCUT2D eigenvalue weighted by Gasteiger charge is 2.10. The number of aliphatic hydroxyl groups excluding tert-OH is 1. The Balaban J connectivity index is 1.98. The second-order valence-electron chi connectivity index (χ2n) is 4.04. The molecule has 0 spiro atoms. The summed E-state index contributed by atoms with van der Waals surface area (Å²) in [5.74, 6) is 1.05.